The first-order valence-corrected chi connectivity index (χ1v) is 9.58. The Labute approximate surface area is 173 Å². The number of fused-ring (bicyclic) bond motifs is 1. The van der Waals surface area contributed by atoms with E-state index < -0.39 is 6.04 Å². The van der Waals surface area contributed by atoms with Crippen molar-refractivity contribution in [3.63, 3.8) is 0 Å². The number of carbonyl (C=O) groups is 2. The summed E-state index contributed by atoms with van der Waals surface area (Å²) >= 11 is 0. The molecule has 9 nitrogen and oxygen atoms in total. The average Bonchev–Trinajstić information content (AvgIpc) is 3.24. The van der Waals surface area contributed by atoms with Crippen molar-refractivity contribution in [3.8, 4) is 17.1 Å². The second-order valence-corrected chi connectivity index (χ2v) is 7.22. The fourth-order valence-corrected chi connectivity index (χ4v) is 3.18. The molecule has 0 saturated heterocycles. The van der Waals surface area contributed by atoms with Gasteiger partial charge in [-0.3, -0.25) is 19.5 Å². The molecule has 0 radical (unpaired) electrons. The number of amides is 2. The van der Waals surface area contributed by atoms with Gasteiger partial charge < -0.3 is 14.6 Å². The molecule has 0 bridgehead atoms. The Morgan fingerprint density at radius 3 is 2.83 bits per heavy atom. The standard InChI is InChI=1S/C21H21N5O4/c1-13(2)19(21-24-20(25-30-21)14-6-5-9-22-10-14)23-17(27)11-26-15-7-3-4-8-16(15)29-12-18(26)28/h3-10,13,19H,11-12H2,1-2H3,(H,23,27). The highest BCUT2D eigenvalue weighted by Crippen LogP contribution is 2.31. The number of anilines is 1. The SMILES string of the molecule is CC(C)C(NC(=O)CN1C(=O)COc2ccccc21)c1nc(-c2cccnc2)no1. The molecule has 9 heteroatoms. The highest BCUT2D eigenvalue weighted by Gasteiger charge is 2.30. The first-order valence-electron chi connectivity index (χ1n) is 9.58. The predicted molar refractivity (Wildman–Crippen MR) is 108 cm³/mol. The summed E-state index contributed by atoms with van der Waals surface area (Å²) < 4.78 is 10.8. The van der Waals surface area contributed by atoms with Gasteiger partial charge in [-0.25, -0.2) is 0 Å². The minimum atomic E-state index is -0.498. The maximum atomic E-state index is 12.8. The molecule has 1 aromatic carbocycles. The summed E-state index contributed by atoms with van der Waals surface area (Å²) in [6.07, 6.45) is 3.30. The van der Waals surface area contributed by atoms with Crippen molar-refractivity contribution < 1.29 is 18.8 Å². The van der Waals surface area contributed by atoms with Crippen molar-refractivity contribution in [1.82, 2.24) is 20.4 Å². The number of para-hydroxylation sites is 2. The van der Waals surface area contributed by atoms with Crippen LogP contribution in [0.2, 0.25) is 0 Å². The van der Waals surface area contributed by atoms with Gasteiger partial charge in [0.15, 0.2) is 6.61 Å². The van der Waals surface area contributed by atoms with Crippen LogP contribution >= 0.6 is 0 Å². The van der Waals surface area contributed by atoms with Gasteiger partial charge in [-0.2, -0.15) is 4.98 Å². The molecular weight excluding hydrogens is 386 g/mol. The molecule has 0 saturated carbocycles. The molecule has 1 N–H and O–H groups in total. The first kappa shape index (κ1) is 19.6. The van der Waals surface area contributed by atoms with Crippen LogP contribution in [0, 0.1) is 5.92 Å². The molecule has 1 unspecified atom stereocenters. The summed E-state index contributed by atoms with van der Waals surface area (Å²) in [5.41, 5.74) is 1.29. The Balaban J connectivity index is 1.50. The summed E-state index contributed by atoms with van der Waals surface area (Å²) in [7, 11) is 0. The van der Waals surface area contributed by atoms with Crippen LogP contribution in [0.15, 0.2) is 53.3 Å². The van der Waals surface area contributed by atoms with Crippen molar-refractivity contribution in [2.75, 3.05) is 18.1 Å². The van der Waals surface area contributed by atoms with E-state index in [4.69, 9.17) is 9.26 Å². The molecule has 1 aliphatic heterocycles. The highest BCUT2D eigenvalue weighted by molar-refractivity contribution is 6.02. The van der Waals surface area contributed by atoms with Gasteiger partial charge in [0.05, 0.1) is 5.69 Å². The highest BCUT2D eigenvalue weighted by atomic mass is 16.5. The quantitative estimate of drug-likeness (QED) is 0.668. The number of pyridine rings is 1. The molecule has 0 spiro atoms. The van der Waals surface area contributed by atoms with Crippen molar-refractivity contribution in [1.29, 1.82) is 0 Å². The van der Waals surface area contributed by atoms with Gasteiger partial charge in [0.25, 0.3) is 5.91 Å². The van der Waals surface area contributed by atoms with Crippen LogP contribution in [0.1, 0.15) is 25.8 Å². The van der Waals surface area contributed by atoms with Gasteiger partial charge in [0.2, 0.25) is 17.6 Å². The molecule has 154 valence electrons. The van der Waals surface area contributed by atoms with E-state index in [-0.39, 0.29) is 30.9 Å². The number of benzene rings is 1. The third-order valence-corrected chi connectivity index (χ3v) is 4.72. The lowest BCUT2D eigenvalue weighted by Crippen LogP contribution is -2.46. The van der Waals surface area contributed by atoms with Gasteiger partial charge in [-0.15, -0.1) is 0 Å². The summed E-state index contributed by atoms with van der Waals surface area (Å²) in [6, 6.07) is 10.2. The van der Waals surface area contributed by atoms with Gasteiger partial charge in [-0.05, 0) is 30.2 Å². The van der Waals surface area contributed by atoms with E-state index in [0.29, 0.717) is 23.2 Å². The first-order chi connectivity index (χ1) is 14.5. The summed E-state index contributed by atoms with van der Waals surface area (Å²) in [6.45, 7) is 3.64. The molecule has 2 amide bonds. The van der Waals surface area contributed by atoms with Crippen molar-refractivity contribution in [3.05, 3.63) is 54.7 Å². The summed E-state index contributed by atoms with van der Waals surface area (Å²) in [5, 5.41) is 6.91. The van der Waals surface area contributed by atoms with Crippen LogP contribution in [0.25, 0.3) is 11.4 Å². The van der Waals surface area contributed by atoms with Crippen LogP contribution in [0.5, 0.6) is 5.75 Å². The number of rotatable bonds is 6. The number of nitrogens with one attached hydrogen (secondary N) is 1. The molecule has 4 rings (SSSR count). The van der Waals surface area contributed by atoms with Gasteiger partial charge in [0, 0.05) is 18.0 Å². The lowest BCUT2D eigenvalue weighted by molar-refractivity contribution is -0.126. The largest absolute Gasteiger partial charge is 0.482 e. The minimum Gasteiger partial charge on any atom is -0.482 e. The number of carbonyl (C=O) groups excluding carboxylic acids is 2. The molecule has 3 heterocycles. The maximum absolute atomic E-state index is 12.8. The fraction of sp³-hybridized carbons (Fsp3) is 0.286. The molecule has 1 atom stereocenters. The second-order valence-electron chi connectivity index (χ2n) is 7.22. The van der Waals surface area contributed by atoms with E-state index in [1.54, 1.807) is 36.7 Å². The lowest BCUT2D eigenvalue weighted by atomic mass is 10.0. The zero-order chi connectivity index (χ0) is 21.1. The van der Waals surface area contributed by atoms with E-state index >= 15 is 0 Å². The normalized spacial score (nSPS) is 14.2. The van der Waals surface area contributed by atoms with Gasteiger partial charge in [-0.1, -0.05) is 31.1 Å². The van der Waals surface area contributed by atoms with Crippen LogP contribution < -0.4 is 15.0 Å². The number of aromatic nitrogens is 3. The van der Waals surface area contributed by atoms with E-state index in [1.807, 2.05) is 26.0 Å². The average molecular weight is 407 g/mol. The van der Waals surface area contributed by atoms with E-state index in [1.165, 1.54) is 4.90 Å². The molecule has 1 aliphatic rings. The topological polar surface area (TPSA) is 110 Å². The van der Waals surface area contributed by atoms with Crippen LogP contribution in [-0.4, -0.2) is 40.1 Å². The zero-order valence-corrected chi connectivity index (χ0v) is 16.6. The smallest absolute Gasteiger partial charge is 0.265 e. The Kier molecular flexibility index (Phi) is 5.42. The predicted octanol–water partition coefficient (Wildman–Crippen LogP) is 2.37. The zero-order valence-electron chi connectivity index (χ0n) is 16.6. The third-order valence-electron chi connectivity index (χ3n) is 4.72. The molecule has 3 aromatic rings. The van der Waals surface area contributed by atoms with E-state index in [0.717, 1.165) is 5.56 Å². The maximum Gasteiger partial charge on any atom is 0.265 e. The fourth-order valence-electron chi connectivity index (χ4n) is 3.18. The molecular formula is C21H21N5O4. The molecule has 0 fully saturated rings. The monoisotopic (exact) mass is 407 g/mol. The van der Waals surface area contributed by atoms with Crippen LogP contribution in [0.4, 0.5) is 5.69 Å². The summed E-state index contributed by atoms with van der Waals surface area (Å²) in [5.74, 6) is 0.648. The Bertz CT molecular complexity index is 1050. The van der Waals surface area contributed by atoms with E-state index in [2.05, 4.69) is 20.4 Å². The second kappa shape index (κ2) is 8.32. The number of hydrogen-bond acceptors (Lipinski definition) is 7. The van der Waals surface area contributed by atoms with Gasteiger partial charge >= 0.3 is 0 Å². The Morgan fingerprint density at radius 1 is 1.23 bits per heavy atom. The number of hydrogen-bond donors (Lipinski definition) is 1. The molecule has 2 aromatic heterocycles. The third kappa shape index (κ3) is 4.00. The molecule has 30 heavy (non-hydrogen) atoms. The minimum absolute atomic E-state index is 0.0103. The van der Waals surface area contributed by atoms with Crippen molar-refractivity contribution >= 4 is 17.5 Å². The Hall–Kier alpha value is -3.75. The van der Waals surface area contributed by atoms with Crippen LogP contribution in [0.3, 0.4) is 0 Å². The summed E-state index contributed by atoms with van der Waals surface area (Å²) in [4.78, 5) is 35.0. The van der Waals surface area contributed by atoms with Crippen molar-refractivity contribution in [2.45, 2.75) is 19.9 Å². The lowest BCUT2D eigenvalue weighted by Gasteiger charge is -2.29. The van der Waals surface area contributed by atoms with Crippen LogP contribution in [-0.2, 0) is 9.59 Å². The Morgan fingerprint density at radius 2 is 2.07 bits per heavy atom. The van der Waals surface area contributed by atoms with Crippen molar-refractivity contribution in [2.24, 2.45) is 5.92 Å². The number of nitrogens with zero attached hydrogens (tertiary/aromatic N) is 4. The van der Waals surface area contributed by atoms with E-state index in [9.17, 15) is 9.59 Å². The number of ether oxygens (including phenoxy) is 1. The van der Waals surface area contributed by atoms with Gasteiger partial charge in [0.1, 0.15) is 18.3 Å². The molecule has 0 aliphatic carbocycles.